The third kappa shape index (κ3) is 3.85. The first-order chi connectivity index (χ1) is 13.1. The summed E-state index contributed by atoms with van der Waals surface area (Å²) in [7, 11) is 0. The summed E-state index contributed by atoms with van der Waals surface area (Å²) in [6.07, 6.45) is 6.05. The number of hydrogen-bond acceptors (Lipinski definition) is 7. The summed E-state index contributed by atoms with van der Waals surface area (Å²) in [5, 5.41) is 1.18. The summed E-state index contributed by atoms with van der Waals surface area (Å²) in [6.45, 7) is 1.61. The van der Waals surface area contributed by atoms with Crippen LogP contribution in [0.2, 0.25) is 5.02 Å². The van der Waals surface area contributed by atoms with Gasteiger partial charge in [-0.1, -0.05) is 47.6 Å². The summed E-state index contributed by atoms with van der Waals surface area (Å²) in [5.41, 5.74) is 14.5. The van der Waals surface area contributed by atoms with Gasteiger partial charge in [-0.2, -0.15) is 0 Å². The number of fused-ring (bicyclic) bond motifs is 1. The lowest BCUT2D eigenvalue weighted by molar-refractivity contribution is 0.650. The van der Waals surface area contributed by atoms with Gasteiger partial charge in [0.1, 0.15) is 16.7 Å². The zero-order valence-corrected chi connectivity index (χ0v) is 16.1. The first-order valence-electron chi connectivity index (χ1n) is 8.60. The van der Waals surface area contributed by atoms with Crippen LogP contribution in [0.5, 0.6) is 0 Å². The van der Waals surface area contributed by atoms with Crippen LogP contribution in [0.4, 0.5) is 11.6 Å². The van der Waals surface area contributed by atoms with E-state index in [9.17, 15) is 0 Å². The number of anilines is 2. The predicted molar refractivity (Wildman–Crippen MR) is 109 cm³/mol. The van der Waals surface area contributed by atoms with Gasteiger partial charge in [-0.3, -0.25) is 0 Å². The Bertz CT molecular complexity index is 949. The number of nitrogens with zero attached hydrogens (tertiary/aromatic N) is 4. The van der Waals surface area contributed by atoms with Crippen molar-refractivity contribution in [2.45, 2.75) is 28.9 Å². The zero-order chi connectivity index (χ0) is 18.8. The van der Waals surface area contributed by atoms with Crippen molar-refractivity contribution < 1.29 is 0 Å². The van der Waals surface area contributed by atoms with E-state index < -0.39 is 0 Å². The van der Waals surface area contributed by atoms with Gasteiger partial charge in [0.2, 0.25) is 0 Å². The van der Waals surface area contributed by atoms with Crippen LogP contribution in [0.15, 0.2) is 58.8 Å². The van der Waals surface area contributed by atoms with Crippen LogP contribution < -0.4 is 16.4 Å². The molecule has 6 nitrogen and oxygen atoms in total. The smallest absolute Gasteiger partial charge is 0.147 e. The molecule has 0 fully saturated rings. The molecule has 2 aromatic heterocycles. The maximum Gasteiger partial charge on any atom is 0.147 e. The average molecular weight is 399 g/mol. The fourth-order valence-electron chi connectivity index (χ4n) is 3.13. The van der Waals surface area contributed by atoms with Crippen LogP contribution in [-0.2, 0) is 6.54 Å². The molecule has 0 bridgehead atoms. The minimum atomic E-state index is 0.0493. The Kier molecular flexibility index (Phi) is 5.15. The average Bonchev–Trinajstić information content (AvgIpc) is 2.86. The number of benzene rings is 1. The van der Waals surface area contributed by atoms with Crippen LogP contribution in [0.3, 0.4) is 0 Å². The first-order valence-corrected chi connectivity index (χ1v) is 9.79. The van der Waals surface area contributed by atoms with Crippen molar-refractivity contribution in [2.75, 3.05) is 17.2 Å². The Morgan fingerprint density at radius 3 is 2.78 bits per heavy atom. The molecule has 0 amide bonds. The Morgan fingerprint density at radius 2 is 1.96 bits per heavy atom. The molecule has 138 valence electrons. The lowest BCUT2D eigenvalue weighted by Gasteiger charge is -2.21. The summed E-state index contributed by atoms with van der Waals surface area (Å²) in [4.78, 5) is 16.1. The van der Waals surface area contributed by atoms with E-state index in [2.05, 4.69) is 32.0 Å². The van der Waals surface area contributed by atoms with Gasteiger partial charge in [0.25, 0.3) is 0 Å². The van der Waals surface area contributed by atoms with E-state index in [4.69, 9.17) is 23.1 Å². The maximum atomic E-state index is 6.33. The molecule has 4 N–H and O–H groups in total. The van der Waals surface area contributed by atoms with E-state index in [1.54, 1.807) is 18.6 Å². The van der Waals surface area contributed by atoms with Crippen molar-refractivity contribution in [1.29, 1.82) is 0 Å². The van der Waals surface area contributed by atoms with E-state index >= 15 is 0 Å². The number of nitrogens with two attached hydrogens (primary N) is 2. The second-order valence-electron chi connectivity index (χ2n) is 6.34. The van der Waals surface area contributed by atoms with Crippen LogP contribution in [0.1, 0.15) is 23.6 Å². The third-order valence-corrected chi connectivity index (χ3v) is 6.05. The molecule has 3 aromatic rings. The minimum absolute atomic E-state index is 0.0493. The number of hydrogen-bond donors (Lipinski definition) is 2. The fourth-order valence-corrected chi connectivity index (χ4v) is 4.12. The summed E-state index contributed by atoms with van der Waals surface area (Å²) in [5.74, 6) is 1.15. The number of rotatable bonds is 3. The fraction of sp³-hybridized carbons (Fsp3) is 0.211. The van der Waals surface area contributed by atoms with Crippen molar-refractivity contribution in [3.8, 4) is 0 Å². The first kappa shape index (κ1) is 18.0. The Labute approximate surface area is 167 Å². The lowest BCUT2D eigenvalue weighted by atomic mass is 10.0. The molecule has 0 saturated heterocycles. The number of pyridine rings is 1. The minimum Gasteiger partial charge on any atom is -0.382 e. The van der Waals surface area contributed by atoms with E-state index in [1.165, 1.54) is 22.9 Å². The normalized spacial score (nSPS) is 16.7. The standard InChI is InChI=1S/C19H19ClN6S/c20-18-15(5-7-23-19(18)22)27-17-10-24-16(9-25-17)26-8-6-14(21)13-4-2-1-3-12(13)11-26/h1-5,7,9-10,14H,6,8,11,21H2,(H2,22,23). The SMILES string of the molecule is Nc1nccc(Sc2cnc(N3CCC(N)c4ccccc4C3)cn2)c1Cl. The van der Waals surface area contributed by atoms with Gasteiger partial charge in [-0.15, -0.1) is 0 Å². The molecule has 3 heterocycles. The third-order valence-electron chi connectivity index (χ3n) is 4.56. The van der Waals surface area contributed by atoms with Crippen molar-refractivity contribution in [2.24, 2.45) is 5.73 Å². The van der Waals surface area contributed by atoms with Crippen LogP contribution >= 0.6 is 23.4 Å². The quantitative estimate of drug-likeness (QED) is 0.695. The van der Waals surface area contributed by atoms with E-state index in [1.807, 2.05) is 18.2 Å². The van der Waals surface area contributed by atoms with E-state index in [-0.39, 0.29) is 6.04 Å². The molecule has 8 heteroatoms. The highest BCUT2D eigenvalue weighted by Crippen LogP contribution is 2.34. The molecule has 4 rings (SSSR count). The lowest BCUT2D eigenvalue weighted by Crippen LogP contribution is -2.24. The van der Waals surface area contributed by atoms with Crippen molar-refractivity contribution in [3.63, 3.8) is 0 Å². The molecular formula is C19H19ClN6S. The zero-order valence-electron chi connectivity index (χ0n) is 14.5. The molecule has 0 saturated carbocycles. The van der Waals surface area contributed by atoms with Gasteiger partial charge in [0.05, 0.1) is 17.4 Å². The highest BCUT2D eigenvalue weighted by atomic mass is 35.5. The van der Waals surface area contributed by atoms with Gasteiger partial charge in [0, 0.05) is 30.2 Å². The monoisotopic (exact) mass is 398 g/mol. The molecule has 27 heavy (non-hydrogen) atoms. The Morgan fingerprint density at radius 1 is 1.11 bits per heavy atom. The van der Waals surface area contributed by atoms with Crippen LogP contribution in [0, 0.1) is 0 Å². The molecule has 1 aliphatic rings. The van der Waals surface area contributed by atoms with Gasteiger partial charge >= 0.3 is 0 Å². The molecule has 1 atom stereocenters. The topological polar surface area (TPSA) is 94.0 Å². The van der Waals surface area contributed by atoms with Crippen LogP contribution in [0.25, 0.3) is 0 Å². The van der Waals surface area contributed by atoms with Crippen molar-refractivity contribution in [1.82, 2.24) is 15.0 Å². The van der Waals surface area contributed by atoms with E-state index in [0.717, 1.165) is 35.2 Å². The largest absolute Gasteiger partial charge is 0.382 e. The predicted octanol–water partition coefficient (Wildman–Crippen LogP) is 3.67. The summed E-state index contributed by atoms with van der Waals surface area (Å²) in [6, 6.07) is 10.2. The molecular weight excluding hydrogens is 380 g/mol. The molecule has 0 spiro atoms. The van der Waals surface area contributed by atoms with Gasteiger partial charge < -0.3 is 16.4 Å². The molecule has 1 aromatic carbocycles. The Hall–Kier alpha value is -2.35. The molecule has 1 aliphatic heterocycles. The maximum absolute atomic E-state index is 6.33. The van der Waals surface area contributed by atoms with E-state index in [0.29, 0.717) is 10.8 Å². The molecule has 1 unspecified atom stereocenters. The van der Waals surface area contributed by atoms with Crippen LogP contribution in [-0.4, -0.2) is 21.5 Å². The van der Waals surface area contributed by atoms with Gasteiger partial charge in [0.15, 0.2) is 0 Å². The Balaban J connectivity index is 1.53. The van der Waals surface area contributed by atoms with Gasteiger partial charge in [-0.25, -0.2) is 15.0 Å². The number of nitrogen functional groups attached to an aromatic ring is 1. The number of aromatic nitrogens is 3. The van der Waals surface area contributed by atoms with Crippen molar-refractivity contribution >= 4 is 35.0 Å². The summed E-state index contributed by atoms with van der Waals surface area (Å²) >= 11 is 7.61. The molecule has 0 aliphatic carbocycles. The van der Waals surface area contributed by atoms with Gasteiger partial charge in [-0.05, 0) is 23.6 Å². The highest BCUT2D eigenvalue weighted by molar-refractivity contribution is 7.99. The van der Waals surface area contributed by atoms with Crippen molar-refractivity contribution in [3.05, 3.63) is 65.1 Å². The molecule has 0 radical (unpaired) electrons. The second-order valence-corrected chi connectivity index (χ2v) is 7.78. The number of halogens is 1. The summed E-state index contributed by atoms with van der Waals surface area (Å²) < 4.78 is 0. The highest BCUT2D eigenvalue weighted by Gasteiger charge is 2.20. The second kappa shape index (κ2) is 7.72.